The number of methoxy groups -OCH3 is 1. The summed E-state index contributed by atoms with van der Waals surface area (Å²) < 4.78 is 47.4. The van der Waals surface area contributed by atoms with Crippen molar-refractivity contribution in [1.82, 2.24) is 15.1 Å². The number of fused-ring (bicyclic) bond motifs is 1. The van der Waals surface area contributed by atoms with Gasteiger partial charge in [-0.3, -0.25) is 4.79 Å². The average molecular weight is 422 g/mol. The van der Waals surface area contributed by atoms with Crippen LogP contribution in [0.1, 0.15) is 66.7 Å². The Morgan fingerprint density at radius 3 is 2.53 bits per heavy atom. The van der Waals surface area contributed by atoms with E-state index >= 15 is 0 Å². The first kappa shape index (κ1) is 20.6. The fraction of sp³-hybridized carbons (Fsp3) is 0.524. The molecular weight excluding hydrogens is 397 g/mol. The number of nitrogens with one attached hydrogen (secondary N) is 2. The molecule has 1 amide bonds. The maximum atomic E-state index is 13.8. The first-order valence-corrected chi connectivity index (χ1v) is 10.2. The Balaban J connectivity index is 1.58. The SMILES string of the molecule is COc1ccc([C@@H]2C[C@@H](C(F)(F)F)n3nc(C(=O)NC4CCCCC4)cc3N2)cc1. The van der Waals surface area contributed by atoms with Crippen LogP contribution >= 0.6 is 0 Å². The monoisotopic (exact) mass is 422 g/mol. The third-order valence-electron chi connectivity index (χ3n) is 5.88. The van der Waals surface area contributed by atoms with Crippen molar-refractivity contribution < 1.29 is 22.7 Å². The number of anilines is 1. The van der Waals surface area contributed by atoms with E-state index in [0.717, 1.165) is 36.8 Å². The molecule has 2 N–H and O–H groups in total. The largest absolute Gasteiger partial charge is 0.497 e. The number of carbonyl (C=O) groups excluding carboxylic acids is 1. The van der Waals surface area contributed by atoms with Crippen molar-refractivity contribution in [3.05, 3.63) is 41.6 Å². The van der Waals surface area contributed by atoms with E-state index in [9.17, 15) is 18.0 Å². The van der Waals surface area contributed by atoms with Gasteiger partial charge in [-0.1, -0.05) is 31.4 Å². The van der Waals surface area contributed by atoms with Crippen molar-refractivity contribution >= 4 is 11.7 Å². The van der Waals surface area contributed by atoms with E-state index in [2.05, 4.69) is 15.7 Å². The normalized spacial score (nSPS) is 22.1. The van der Waals surface area contributed by atoms with E-state index in [4.69, 9.17) is 4.74 Å². The maximum absolute atomic E-state index is 13.8. The van der Waals surface area contributed by atoms with Crippen LogP contribution in [0.2, 0.25) is 0 Å². The summed E-state index contributed by atoms with van der Waals surface area (Å²) in [7, 11) is 1.53. The predicted molar refractivity (Wildman–Crippen MR) is 106 cm³/mol. The molecule has 2 heterocycles. The molecule has 2 aromatic rings. The third-order valence-corrected chi connectivity index (χ3v) is 5.88. The molecule has 6 nitrogen and oxygen atoms in total. The number of rotatable bonds is 4. The minimum Gasteiger partial charge on any atom is -0.497 e. The molecule has 1 saturated carbocycles. The van der Waals surface area contributed by atoms with E-state index in [1.54, 1.807) is 24.3 Å². The molecule has 1 aromatic heterocycles. The van der Waals surface area contributed by atoms with Crippen LogP contribution in [0.15, 0.2) is 30.3 Å². The van der Waals surface area contributed by atoms with Crippen LogP contribution in [-0.2, 0) is 0 Å². The molecule has 0 radical (unpaired) electrons. The van der Waals surface area contributed by atoms with E-state index in [-0.39, 0.29) is 24.0 Å². The molecule has 162 valence electrons. The Bertz CT molecular complexity index is 889. The zero-order chi connectivity index (χ0) is 21.3. The molecule has 0 saturated heterocycles. The minimum absolute atomic E-state index is 0.00713. The summed E-state index contributed by atoms with van der Waals surface area (Å²) in [6.07, 6.45) is 0.330. The van der Waals surface area contributed by atoms with Crippen LogP contribution in [0.25, 0.3) is 0 Å². The fourth-order valence-corrected chi connectivity index (χ4v) is 4.25. The summed E-state index contributed by atoms with van der Waals surface area (Å²) in [5.74, 6) is 0.402. The van der Waals surface area contributed by atoms with Crippen LogP contribution in [0.4, 0.5) is 19.0 Å². The first-order valence-electron chi connectivity index (χ1n) is 10.2. The van der Waals surface area contributed by atoms with Gasteiger partial charge in [-0.15, -0.1) is 0 Å². The van der Waals surface area contributed by atoms with Crippen LogP contribution in [0.3, 0.4) is 0 Å². The quantitative estimate of drug-likeness (QED) is 0.755. The number of carbonyl (C=O) groups is 1. The molecule has 4 rings (SSSR count). The number of halogens is 3. The molecular formula is C21H25F3N4O2. The molecule has 1 aromatic carbocycles. The molecule has 0 spiro atoms. The Labute approximate surface area is 172 Å². The van der Waals surface area contributed by atoms with Crippen molar-refractivity contribution in [3.63, 3.8) is 0 Å². The molecule has 1 aliphatic carbocycles. The number of amides is 1. The third kappa shape index (κ3) is 4.24. The smallest absolute Gasteiger partial charge is 0.410 e. The minimum atomic E-state index is -4.48. The van der Waals surface area contributed by atoms with Crippen molar-refractivity contribution in [2.24, 2.45) is 0 Å². The summed E-state index contributed by atoms with van der Waals surface area (Å²) in [6.45, 7) is 0. The second-order valence-corrected chi connectivity index (χ2v) is 7.93. The van der Waals surface area contributed by atoms with E-state index in [1.807, 2.05) is 0 Å². The van der Waals surface area contributed by atoms with Gasteiger partial charge in [-0.05, 0) is 30.5 Å². The predicted octanol–water partition coefficient (Wildman–Crippen LogP) is 4.61. The number of aromatic nitrogens is 2. The van der Waals surface area contributed by atoms with Crippen molar-refractivity contribution in [2.75, 3.05) is 12.4 Å². The van der Waals surface area contributed by atoms with Gasteiger partial charge in [-0.25, -0.2) is 4.68 Å². The number of benzene rings is 1. The second-order valence-electron chi connectivity index (χ2n) is 7.93. The Morgan fingerprint density at radius 2 is 1.90 bits per heavy atom. The highest BCUT2D eigenvalue weighted by Crippen LogP contribution is 2.43. The topological polar surface area (TPSA) is 68.2 Å². The molecule has 0 bridgehead atoms. The highest BCUT2D eigenvalue weighted by Gasteiger charge is 2.46. The van der Waals surface area contributed by atoms with Crippen molar-refractivity contribution in [3.8, 4) is 5.75 Å². The highest BCUT2D eigenvalue weighted by molar-refractivity contribution is 5.93. The van der Waals surface area contributed by atoms with Crippen molar-refractivity contribution in [2.45, 2.75) is 62.8 Å². The number of hydrogen-bond acceptors (Lipinski definition) is 4. The fourth-order valence-electron chi connectivity index (χ4n) is 4.25. The Morgan fingerprint density at radius 1 is 1.20 bits per heavy atom. The first-order chi connectivity index (χ1) is 14.3. The molecule has 2 atom stereocenters. The molecule has 1 fully saturated rings. The average Bonchev–Trinajstić information content (AvgIpc) is 3.17. The van der Waals surface area contributed by atoms with Gasteiger partial charge in [0.15, 0.2) is 11.7 Å². The Kier molecular flexibility index (Phi) is 5.62. The van der Waals surface area contributed by atoms with Gasteiger partial charge in [0.2, 0.25) is 0 Å². The van der Waals surface area contributed by atoms with Crippen LogP contribution in [0, 0.1) is 0 Å². The van der Waals surface area contributed by atoms with Crippen LogP contribution in [0.5, 0.6) is 5.75 Å². The lowest BCUT2D eigenvalue weighted by molar-refractivity contribution is -0.173. The lowest BCUT2D eigenvalue weighted by Gasteiger charge is -2.33. The van der Waals surface area contributed by atoms with Crippen LogP contribution in [-0.4, -0.2) is 35.0 Å². The zero-order valence-electron chi connectivity index (χ0n) is 16.7. The Hall–Kier alpha value is -2.71. The molecule has 9 heteroatoms. The highest BCUT2D eigenvalue weighted by atomic mass is 19.4. The number of ether oxygens (including phenoxy) is 1. The van der Waals surface area contributed by atoms with Gasteiger partial charge in [0.1, 0.15) is 11.6 Å². The van der Waals surface area contributed by atoms with E-state index in [0.29, 0.717) is 11.3 Å². The second kappa shape index (κ2) is 8.20. The standard InChI is InChI=1S/C21H25F3N4O2/c1-30-15-9-7-13(8-10-15)16-11-18(21(22,23)24)28-19(26-16)12-17(27-28)20(29)25-14-5-3-2-4-6-14/h7-10,12,14,16,18,26H,2-6,11H2,1H3,(H,25,29)/t16-,18-/m0/s1. The van der Waals surface area contributed by atoms with Gasteiger partial charge in [0, 0.05) is 18.5 Å². The van der Waals surface area contributed by atoms with Gasteiger partial charge < -0.3 is 15.4 Å². The lowest BCUT2D eigenvalue weighted by Crippen LogP contribution is -2.37. The summed E-state index contributed by atoms with van der Waals surface area (Å²) in [5.41, 5.74) is 0.721. The summed E-state index contributed by atoms with van der Waals surface area (Å²) in [4.78, 5) is 12.6. The zero-order valence-corrected chi connectivity index (χ0v) is 16.7. The van der Waals surface area contributed by atoms with Crippen molar-refractivity contribution in [1.29, 1.82) is 0 Å². The maximum Gasteiger partial charge on any atom is 0.410 e. The molecule has 2 aliphatic rings. The number of hydrogen-bond donors (Lipinski definition) is 2. The summed E-state index contributed by atoms with van der Waals surface area (Å²) in [6, 6.07) is 6.02. The molecule has 0 unspecified atom stereocenters. The number of nitrogens with zero attached hydrogens (tertiary/aromatic N) is 2. The van der Waals surface area contributed by atoms with Gasteiger partial charge in [-0.2, -0.15) is 18.3 Å². The lowest BCUT2D eigenvalue weighted by atomic mass is 9.95. The van der Waals surface area contributed by atoms with E-state index < -0.39 is 24.2 Å². The summed E-state index contributed by atoms with van der Waals surface area (Å²) >= 11 is 0. The summed E-state index contributed by atoms with van der Waals surface area (Å²) in [5, 5.41) is 10.0. The van der Waals surface area contributed by atoms with E-state index in [1.165, 1.54) is 13.2 Å². The van der Waals surface area contributed by atoms with Crippen LogP contribution < -0.4 is 15.4 Å². The van der Waals surface area contributed by atoms with Gasteiger partial charge >= 0.3 is 6.18 Å². The van der Waals surface area contributed by atoms with Gasteiger partial charge in [0.05, 0.1) is 13.2 Å². The number of alkyl halides is 3. The molecule has 30 heavy (non-hydrogen) atoms. The molecule has 1 aliphatic heterocycles. The van der Waals surface area contributed by atoms with Gasteiger partial charge in [0.25, 0.3) is 5.91 Å².